The topological polar surface area (TPSA) is 68.5 Å². The maximum absolute atomic E-state index is 10.5. The summed E-state index contributed by atoms with van der Waals surface area (Å²) in [5.74, 6) is 0. The van der Waals surface area contributed by atoms with Crippen LogP contribution in [0.25, 0.3) is 0 Å². The van der Waals surface area contributed by atoms with Gasteiger partial charge in [-0.2, -0.15) is 8.42 Å². The number of aromatic nitrogens is 1. The van der Waals surface area contributed by atoms with E-state index in [9.17, 15) is 8.42 Å². The van der Waals surface area contributed by atoms with Gasteiger partial charge in [0.25, 0.3) is 10.1 Å². The number of hydrogen-bond acceptors (Lipinski definition) is 2. The molecular formula is C12H14NO3S+. The van der Waals surface area contributed by atoms with Crippen LogP contribution in [-0.4, -0.2) is 13.0 Å². The molecule has 4 nitrogen and oxygen atoms in total. The summed E-state index contributed by atoms with van der Waals surface area (Å²) in [7, 11) is -4.02. The molecule has 0 amide bonds. The largest absolute Gasteiger partial charge is 0.294 e. The van der Waals surface area contributed by atoms with Crippen LogP contribution in [0.2, 0.25) is 0 Å². The Morgan fingerprint density at radius 3 is 1.82 bits per heavy atom. The quantitative estimate of drug-likeness (QED) is 0.786. The summed E-state index contributed by atoms with van der Waals surface area (Å²) in [5, 5.41) is 0. The predicted molar refractivity (Wildman–Crippen MR) is 64.0 cm³/mol. The fourth-order valence-electron chi connectivity index (χ4n) is 1.05. The highest BCUT2D eigenvalue weighted by Crippen LogP contribution is 2.08. The molecule has 0 bridgehead atoms. The van der Waals surface area contributed by atoms with Crippen LogP contribution in [0.3, 0.4) is 0 Å². The molecule has 0 aliphatic heterocycles. The zero-order chi connectivity index (χ0) is 12.7. The molecule has 2 aromatic rings. The molecule has 0 atom stereocenters. The number of benzene rings is 1. The molecule has 0 spiro atoms. The smallest absolute Gasteiger partial charge is 0.282 e. The zero-order valence-electron chi connectivity index (χ0n) is 9.37. The molecule has 2 rings (SSSR count). The third-order valence-corrected chi connectivity index (χ3v) is 2.79. The van der Waals surface area contributed by atoms with Gasteiger partial charge in [0.2, 0.25) is 0 Å². The lowest BCUT2D eigenvalue weighted by atomic mass is 10.2. The first-order valence-electron chi connectivity index (χ1n) is 4.95. The Balaban J connectivity index is 0.000000202. The van der Waals surface area contributed by atoms with Gasteiger partial charge in [0, 0.05) is 12.1 Å². The third kappa shape index (κ3) is 5.24. The van der Waals surface area contributed by atoms with Gasteiger partial charge in [0.05, 0.1) is 4.90 Å². The number of pyridine rings is 1. The molecule has 0 saturated heterocycles. The average molecular weight is 252 g/mol. The molecule has 1 aromatic heterocycles. The summed E-state index contributed by atoms with van der Waals surface area (Å²) in [5.41, 5.74) is 0.956. The Morgan fingerprint density at radius 1 is 1.00 bits per heavy atom. The van der Waals surface area contributed by atoms with Crippen LogP contribution < -0.4 is 4.98 Å². The number of hydrogen-bond donors (Lipinski definition) is 1. The van der Waals surface area contributed by atoms with E-state index in [1.807, 2.05) is 37.5 Å². The van der Waals surface area contributed by atoms with Crippen molar-refractivity contribution in [1.82, 2.24) is 0 Å². The van der Waals surface area contributed by atoms with Gasteiger partial charge >= 0.3 is 0 Å². The van der Waals surface area contributed by atoms with Gasteiger partial charge in [0.15, 0.2) is 12.4 Å². The molecule has 1 heterocycles. The van der Waals surface area contributed by atoms with Crippen molar-refractivity contribution in [2.45, 2.75) is 11.8 Å². The Labute approximate surface area is 101 Å². The van der Waals surface area contributed by atoms with E-state index in [4.69, 9.17) is 4.55 Å². The average Bonchev–Trinajstić information content (AvgIpc) is 2.31. The highest BCUT2D eigenvalue weighted by Gasteiger charge is 2.06. The van der Waals surface area contributed by atoms with Crippen LogP contribution in [0.4, 0.5) is 0 Å². The summed E-state index contributed by atoms with van der Waals surface area (Å²) in [6.07, 6.45) is 3.75. The normalized spacial score (nSPS) is 10.2. The van der Waals surface area contributed by atoms with Crippen molar-refractivity contribution in [1.29, 1.82) is 0 Å². The zero-order valence-corrected chi connectivity index (χ0v) is 10.2. The third-order valence-electron chi connectivity index (χ3n) is 1.93. The minimum atomic E-state index is -4.02. The number of aryl methyl sites for hydroxylation is 1. The first-order valence-corrected chi connectivity index (χ1v) is 6.39. The van der Waals surface area contributed by atoms with Gasteiger partial charge < -0.3 is 0 Å². The van der Waals surface area contributed by atoms with Gasteiger partial charge in [-0.3, -0.25) is 4.55 Å². The van der Waals surface area contributed by atoms with Gasteiger partial charge in [0.1, 0.15) is 0 Å². The van der Waals surface area contributed by atoms with E-state index in [0.29, 0.717) is 0 Å². The minimum absolute atomic E-state index is 0.0666. The van der Waals surface area contributed by atoms with Gasteiger partial charge in [-0.25, -0.2) is 4.98 Å². The first kappa shape index (κ1) is 13.3. The van der Waals surface area contributed by atoms with Gasteiger partial charge in [-0.15, -0.1) is 0 Å². The van der Waals surface area contributed by atoms with Crippen LogP contribution >= 0.6 is 0 Å². The van der Waals surface area contributed by atoms with Crippen LogP contribution in [0.1, 0.15) is 5.56 Å². The van der Waals surface area contributed by atoms with E-state index in [-0.39, 0.29) is 4.90 Å². The number of rotatable bonds is 1. The summed E-state index contributed by atoms with van der Waals surface area (Å²) in [6.45, 7) is 1.84. The molecule has 0 aliphatic rings. The standard InChI is InChI=1S/C7H8O3S.C5H5N/c1-6-2-4-7(5-3-6)11(8,9)10;1-2-4-6-5-3-1/h2-5H,1H3,(H,8,9,10);1-5H/p+1. The van der Waals surface area contributed by atoms with Gasteiger partial charge in [-0.1, -0.05) is 23.8 Å². The number of aromatic amines is 1. The van der Waals surface area contributed by atoms with Crippen molar-refractivity contribution < 1.29 is 18.0 Å². The Morgan fingerprint density at radius 2 is 1.53 bits per heavy atom. The van der Waals surface area contributed by atoms with Crippen molar-refractivity contribution in [2.24, 2.45) is 0 Å². The second-order valence-corrected chi connectivity index (χ2v) is 4.79. The summed E-state index contributed by atoms with van der Waals surface area (Å²) < 4.78 is 29.6. The molecule has 5 heteroatoms. The maximum Gasteiger partial charge on any atom is 0.294 e. The SMILES string of the molecule is Cc1ccc(S(=O)(=O)O)cc1.c1cc[nH+]cc1. The molecule has 0 radical (unpaired) electrons. The van der Waals surface area contributed by atoms with Crippen LogP contribution in [-0.2, 0) is 10.1 Å². The molecular weight excluding hydrogens is 238 g/mol. The molecule has 0 saturated carbocycles. The number of H-pyrrole nitrogens is 1. The van der Waals surface area contributed by atoms with Crippen LogP contribution in [0.15, 0.2) is 59.8 Å². The molecule has 90 valence electrons. The van der Waals surface area contributed by atoms with E-state index in [0.717, 1.165) is 5.56 Å². The molecule has 2 N–H and O–H groups in total. The van der Waals surface area contributed by atoms with Crippen molar-refractivity contribution in [3.63, 3.8) is 0 Å². The Bertz CT molecular complexity index is 509. The summed E-state index contributed by atoms with van der Waals surface area (Å²) in [4.78, 5) is 2.83. The highest BCUT2D eigenvalue weighted by atomic mass is 32.2. The van der Waals surface area contributed by atoms with E-state index in [1.54, 1.807) is 12.1 Å². The lowest BCUT2D eigenvalue weighted by Crippen LogP contribution is -1.96. The first-order chi connectivity index (χ1) is 8.00. The fourth-order valence-corrected chi connectivity index (χ4v) is 1.53. The minimum Gasteiger partial charge on any atom is -0.282 e. The monoisotopic (exact) mass is 252 g/mol. The van der Waals surface area contributed by atoms with E-state index in [2.05, 4.69) is 4.98 Å². The van der Waals surface area contributed by atoms with Crippen LogP contribution in [0.5, 0.6) is 0 Å². The van der Waals surface area contributed by atoms with Crippen molar-refractivity contribution >= 4 is 10.1 Å². The number of nitrogens with one attached hydrogen (secondary N) is 1. The second-order valence-electron chi connectivity index (χ2n) is 3.37. The summed E-state index contributed by atoms with van der Waals surface area (Å²) in [6, 6.07) is 11.8. The molecule has 0 aliphatic carbocycles. The van der Waals surface area contributed by atoms with E-state index >= 15 is 0 Å². The van der Waals surface area contributed by atoms with Crippen molar-refractivity contribution in [3.8, 4) is 0 Å². The Kier molecular flexibility index (Phi) is 4.81. The van der Waals surface area contributed by atoms with E-state index in [1.165, 1.54) is 12.1 Å². The maximum atomic E-state index is 10.5. The lowest BCUT2D eigenvalue weighted by molar-refractivity contribution is -0.377. The highest BCUT2D eigenvalue weighted by molar-refractivity contribution is 7.85. The van der Waals surface area contributed by atoms with E-state index < -0.39 is 10.1 Å². The molecule has 17 heavy (non-hydrogen) atoms. The molecule has 1 aromatic carbocycles. The van der Waals surface area contributed by atoms with Crippen molar-refractivity contribution in [3.05, 3.63) is 60.4 Å². The van der Waals surface area contributed by atoms with Crippen LogP contribution in [0, 0.1) is 6.92 Å². The fraction of sp³-hybridized carbons (Fsp3) is 0.0833. The molecule has 0 unspecified atom stereocenters. The van der Waals surface area contributed by atoms with Crippen molar-refractivity contribution in [2.75, 3.05) is 0 Å². The Hall–Kier alpha value is -1.72. The molecule has 0 fully saturated rings. The second kappa shape index (κ2) is 6.12. The van der Waals surface area contributed by atoms with Gasteiger partial charge in [-0.05, 0) is 19.1 Å². The summed E-state index contributed by atoms with van der Waals surface area (Å²) >= 11 is 0. The predicted octanol–water partition coefficient (Wildman–Crippen LogP) is 1.74. The lowest BCUT2D eigenvalue weighted by Gasteiger charge is -1.95.